The van der Waals surface area contributed by atoms with Crippen LogP contribution in [0, 0.1) is 0 Å². The van der Waals surface area contributed by atoms with E-state index in [-0.39, 0.29) is 42.9 Å². The van der Waals surface area contributed by atoms with E-state index in [0.29, 0.717) is 18.7 Å². The number of carboxylic acid groups (broad SMARTS) is 2. The molecule has 1 fully saturated rings. The third-order valence-corrected chi connectivity index (χ3v) is 9.08. The number of nitrogens with one attached hydrogen (secondary N) is 4. The fourth-order valence-electron chi connectivity index (χ4n) is 5.30. The van der Waals surface area contributed by atoms with Crippen molar-refractivity contribution in [2.75, 3.05) is 38.5 Å². The number of hydrogen-bond donors (Lipinski definition) is 6. The number of carbonyl (C=O) groups is 3. The van der Waals surface area contributed by atoms with Crippen LogP contribution in [0.4, 0.5) is 4.79 Å². The average Bonchev–Trinajstić information content (AvgIpc) is 2.95. The van der Waals surface area contributed by atoms with Crippen LogP contribution >= 0.6 is 11.6 Å². The maximum Gasteiger partial charge on any atom is 0.328 e. The lowest BCUT2D eigenvalue weighted by Crippen LogP contribution is -2.49. The van der Waals surface area contributed by atoms with Gasteiger partial charge in [0.2, 0.25) is 10.0 Å². The zero-order valence-corrected chi connectivity index (χ0v) is 26.0. The highest BCUT2D eigenvalue weighted by Gasteiger charge is 2.47. The molecule has 6 N–H and O–H groups in total. The van der Waals surface area contributed by atoms with E-state index in [0.717, 1.165) is 36.6 Å². The van der Waals surface area contributed by atoms with E-state index >= 15 is 0 Å². The van der Waals surface area contributed by atoms with Gasteiger partial charge in [0.1, 0.15) is 12.4 Å². The second kappa shape index (κ2) is 16.4. The predicted molar refractivity (Wildman–Crippen MR) is 167 cm³/mol. The van der Waals surface area contributed by atoms with E-state index in [1.54, 1.807) is 6.92 Å². The minimum Gasteiger partial charge on any atom is -0.492 e. The number of amides is 2. The Bertz CT molecular complexity index is 1410. The van der Waals surface area contributed by atoms with Crippen molar-refractivity contribution < 1.29 is 37.8 Å². The Morgan fingerprint density at radius 3 is 2.32 bits per heavy atom. The Hall–Kier alpha value is -3.65. The zero-order chi connectivity index (χ0) is 32.2. The van der Waals surface area contributed by atoms with E-state index < -0.39 is 22.0 Å². The number of sulfonamides is 1. The first-order chi connectivity index (χ1) is 21.0. The highest BCUT2D eigenvalue weighted by molar-refractivity contribution is 7.89. The molecular formula is C30H39ClN4O8S. The van der Waals surface area contributed by atoms with Crippen molar-refractivity contribution >= 4 is 39.6 Å². The van der Waals surface area contributed by atoms with E-state index in [1.807, 2.05) is 18.2 Å². The van der Waals surface area contributed by atoms with Crippen LogP contribution in [0.15, 0.2) is 54.6 Å². The Morgan fingerprint density at radius 1 is 1.05 bits per heavy atom. The normalized spacial score (nSPS) is 16.9. The summed E-state index contributed by atoms with van der Waals surface area (Å²) < 4.78 is 32.8. The van der Waals surface area contributed by atoms with E-state index in [4.69, 9.17) is 26.6 Å². The fourth-order valence-corrected chi connectivity index (χ4v) is 6.34. The van der Waals surface area contributed by atoms with Crippen LogP contribution in [0.2, 0.25) is 5.02 Å². The van der Waals surface area contributed by atoms with Crippen LogP contribution < -0.4 is 25.4 Å². The molecule has 1 heterocycles. The van der Waals surface area contributed by atoms with Gasteiger partial charge in [-0.25, -0.2) is 27.5 Å². The molecule has 2 aromatic rings. The van der Waals surface area contributed by atoms with Gasteiger partial charge in [-0.2, -0.15) is 0 Å². The summed E-state index contributed by atoms with van der Waals surface area (Å²) in [4.78, 5) is 30.5. The number of carboxylic acids is 2. The number of halogens is 1. The number of rotatable bonds is 13. The summed E-state index contributed by atoms with van der Waals surface area (Å²) in [6.07, 6.45) is 5.52. The molecule has 12 nitrogen and oxygen atoms in total. The Morgan fingerprint density at radius 2 is 1.73 bits per heavy atom. The largest absolute Gasteiger partial charge is 0.492 e. The lowest BCUT2D eigenvalue weighted by Gasteiger charge is -2.50. The van der Waals surface area contributed by atoms with Gasteiger partial charge in [-0.3, -0.25) is 0 Å². The van der Waals surface area contributed by atoms with E-state index in [9.17, 15) is 22.8 Å². The quantitative estimate of drug-likeness (QED) is 0.140. The minimum absolute atomic E-state index is 0.0378. The first kappa shape index (κ1) is 34.8. The monoisotopic (exact) mass is 650 g/mol. The van der Waals surface area contributed by atoms with Crippen LogP contribution in [-0.4, -0.2) is 75.1 Å². The molecule has 0 saturated heterocycles. The molecule has 2 aromatic carbocycles. The molecular weight excluding hydrogens is 612 g/mol. The molecule has 1 unspecified atom stereocenters. The maximum atomic E-state index is 12.2. The van der Waals surface area contributed by atoms with Gasteiger partial charge in [0.15, 0.2) is 0 Å². The SMILES string of the molecule is CCNC(=O)NCCS(=O)(=O)NCCOc1ccc2c(c1)C(C1(c3ccc(Cl)cc3)CCC1)NCC2.O=C(O)/C=C/C(=O)O. The molecule has 1 aliphatic carbocycles. The molecule has 0 aromatic heterocycles. The van der Waals surface area contributed by atoms with Crippen molar-refractivity contribution in [1.82, 2.24) is 20.7 Å². The van der Waals surface area contributed by atoms with Crippen LogP contribution in [-0.2, 0) is 31.4 Å². The van der Waals surface area contributed by atoms with Crippen LogP contribution in [0.3, 0.4) is 0 Å². The van der Waals surface area contributed by atoms with Crippen LogP contribution in [0.25, 0.3) is 0 Å². The molecule has 0 bridgehead atoms. The number of ether oxygens (including phenoxy) is 1. The molecule has 44 heavy (non-hydrogen) atoms. The number of hydrogen-bond acceptors (Lipinski definition) is 7. The van der Waals surface area contributed by atoms with Crippen molar-refractivity contribution in [3.05, 3.63) is 76.3 Å². The number of urea groups is 1. The van der Waals surface area contributed by atoms with Gasteiger partial charge in [-0.05, 0) is 73.7 Å². The molecule has 2 aliphatic rings. The zero-order valence-electron chi connectivity index (χ0n) is 24.5. The van der Waals surface area contributed by atoms with E-state index in [2.05, 4.69) is 44.9 Å². The first-order valence-electron chi connectivity index (χ1n) is 14.3. The standard InChI is InChI=1S/C26H35ClN4O4S.C4H4O4/c1-2-28-25(32)30-15-17-36(33,34)31-14-16-35-22-9-4-19-10-13-29-24(23(19)18-22)26(11-3-12-26)20-5-7-21(27)8-6-20;5-3(6)1-2-4(7)8/h4-9,18,24,29,31H,2-3,10-17H2,1H3,(H2,28,30,32);1-2H,(H,5,6)(H,7,8)/b;2-1+. The lowest BCUT2D eigenvalue weighted by atomic mass is 9.58. The Balaban J connectivity index is 0.000000583. The van der Waals surface area contributed by atoms with Crippen LogP contribution in [0.5, 0.6) is 5.75 Å². The van der Waals surface area contributed by atoms with Crippen molar-refractivity contribution in [2.45, 2.75) is 44.1 Å². The molecule has 2 amide bonds. The number of fused-ring (bicyclic) bond motifs is 1. The summed E-state index contributed by atoms with van der Waals surface area (Å²) in [5.74, 6) is -1.98. The van der Waals surface area contributed by atoms with Crippen molar-refractivity contribution in [2.24, 2.45) is 0 Å². The Labute approximate surface area is 262 Å². The van der Waals surface area contributed by atoms with Crippen molar-refractivity contribution in [3.8, 4) is 5.75 Å². The van der Waals surface area contributed by atoms with Gasteiger partial charge in [-0.1, -0.05) is 36.2 Å². The van der Waals surface area contributed by atoms with Gasteiger partial charge < -0.3 is 30.9 Å². The molecule has 1 atom stereocenters. The highest BCUT2D eigenvalue weighted by atomic mass is 35.5. The molecule has 0 spiro atoms. The maximum absolute atomic E-state index is 12.2. The number of carbonyl (C=O) groups excluding carboxylic acids is 1. The molecule has 4 rings (SSSR count). The van der Waals surface area contributed by atoms with Gasteiger partial charge in [0.25, 0.3) is 0 Å². The van der Waals surface area contributed by atoms with Gasteiger partial charge in [0.05, 0.1) is 5.75 Å². The lowest BCUT2D eigenvalue weighted by molar-refractivity contribution is -0.134. The summed E-state index contributed by atoms with van der Waals surface area (Å²) in [7, 11) is -3.51. The second-order valence-electron chi connectivity index (χ2n) is 10.4. The van der Waals surface area contributed by atoms with Crippen molar-refractivity contribution in [1.29, 1.82) is 0 Å². The third kappa shape index (κ3) is 10.2. The summed E-state index contributed by atoms with van der Waals surface area (Å²) in [5, 5.41) is 25.2. The fraction of sp³-hybridized carbons (Fsp3) is 0.433. The van der Waals surface area contributed by atoms with Gasteiger partial charge in [-0.15, -0.1) is 0 Å². The third-order valence-electron chi connectivity index (χ3n) is 7.44. The smallest absolute Gasteiger partial charge is 0.328 e. The second-order valence-corrected chi connectivity index (χ2v) is 12.7. The van der Waals surface area contributed by atoms with Crippen LogP contribution in [0.1, 0.15) is 48.9 Å². The number of benzene rings is 2. The van der Waals surface area contributed by atoms with Gasteiger partial charge >= 0.3 is 18.0 Å². The minimum atomic E-state index is -3.51. The summed E-state index contributed by atoms with van der Waals surface area (Å²) in [6, 6.07) is 14.2. The summed E-state index contributed by atoms with van der Waals surface area (Å²) in [6.45, 7) is 3.61. The molecule has 1 saturated carbocycles. The topological polar surface area (TPSA) is 183 Å². The average molecular weight is 651 g/mol. The highest BCUT2D eigenvalue weighted by Crippen LogP contribution is 2.53. The summed E-state index contributed by atoms with van der Waals surface area (Å²) in [5.41, 5.74) is 3.93. The Kier molecular flexibility index (Phi) is 13.0. The van der Waals surface area contributed by atoms with Crippen molar-refractivity contribution in [3.63, 3.8) is 0 Å². The predicted octanol–water partition coefficient (Wildman–Crippen LogP) is 2.98. The molecule has 240 valence electrons. The molecule has 14 heteroatoms. The van der Waals surface area contributed by atoms with Gasteiger partial charge in [0, 0.05) is 48.3 Å². The summed E-state index contributed by atoms with van der Waals surface area (Å²) >= 11 is 6.15. The molecule has 0 radical (unpaired) electrons. The van der Waals surface area contributed by atoms with E-state index in [1.165, 1.54) is 23.1 Å². The number of aliphatic carboxylic acids is 2. The first-order valence-corrected chi connectivity index (χ1v) is 16.4. The molecule has 1 aliphatic heterocycles.